The van der Waals surface area contributed by atoms with Crippen molar-refractivity contribution in [3.63, 3.8) is 0 Å². The third-order valence-corrected chi connectivity index (χ3v) is 3.38. The van der Waals surface area contributed by atoms with Gasteiger partial charge in [-0.2, -0.15) is 0 Å². The van der Waals surface area contributed by atoms with E-state index in [1.54, 1.807) is 0 Å². The Kier molecular flexibility index (Phi) is 7.32. The molecular formula is C15H18Cl2N2O4. The number of primary amides is 1. The van der Waals surface area contributed by atoms with Gasteiger partial charge < -0.3 is 15.8 Å². The molecule has 126 valence electrons. The van der Waals surface area contributed by atoms with E-state index < -0.39 is 30.4 Å². The van der Waals surface area contributed by atoms with E-state index in [4.69, 9.17) is 33.7 Å². The van der Waals surface area contributed by atoms with Gasteiger partial charge in [0.1, 0.15) is 6.04 Å². The number of rotatable bonds is 7. The second-order valence-corrected chi connectivity index (χ2v) is 6.20. The lowest BCUT2D eigenvalue weighted by molar-refractivity contribution is -0.150. The van der Waals surface area contributed by atoms with E-state index in [1.807, 2.05) is 13.8 Å². The molecule has 0 unspecified atom stereocenters. The maximum atomic E-state index is 12.3. The van der Waals surface area contributed by atoms with Crippen LogP contribution in [0.5, 0.6) is 0 Å². The monoisotopic (exact) mass is 360 g/mol. The predicted octanol–water partition coefficient (Wildman–Crippen LogP) is 2.17. The number of hydrogen-bond acceptors (Lipinski definition) is 4. The molecule has 1 atom stereocenters. The van der Waals surface area contributed by atoms with E-state index in [0.717, 1.165) is 0 Å². The summed E-state index contributed by atoms with van der Waals surface area (Å²) in [5, 5.41) is 3.12. The molecule has 1 rings (SSSR count). The molecule has 6 nitrogen and oxygen atoms in total. The van der Waals surface area contributed by atoms with Crippen LogP contribution in [0, 0.1) is 5.92 Å². The maximum Gasteiger partial charge on any atom is 0.329 e. The SMILES string of the molecule is CC(C)C[C@@H](NC(=O)c1ccc(Cl)cc1Cl)C(=O)OCC(N)=O. The van der Waals surface area contributed by atoms with E-state index in [2.05, 4.69) is 5.32 Å². The Morgan fingerprint density at radius 2 is 1.91 bits per heavy atom. The number of benzene rings is 1. The second-order valence-electron chi connectivity index (χ2n) is 5.35. The molecule has 2 amide bonds. The number of halogens is 2. The Balaban J connectivity index is 2.85. The molecule has 0 saturated heterocycles. The molecule has 0 aromatic heterocycles. The first-order chi connectivity index (χ1) is 10.7. The molecule has 1 aromatic carbocycles. The van der Waals surface area contributed by atoms with Crippen molar-refractivity contribution in [2.45, 2.75) is 26.3 Å². The summed E-state index contributed by atoms with van der Waals surface area (Å²) >= 11 is 11.8. The van der Waals surface area contributed by atoms with Gasteiger partial charge in [-0.25, -0.2) is 4.79 Å². The summed E-state index contributed by atoms with van der Waals surface area (Å²) in [6.07, 6.45) is 0.342. The van der Waals surface area contributed by atoms with E-state index in [0.29, 0.717) is 11.4 Å². The Hall–Kier alpha value is -1.79. The number of hydrogen-bond donors (Lipinski definition) is 2. The van der Waals surface area contributed by atoms with Crippen molar-refractivity contribution in [2.75, 3.05) is 6.61 Å². The van der Waals surface area contributed by atoms with Gasteiger partial charge in [-0.05, 0) is 30.5 Å². The van der Waals surface area contributed by atoms with Crippen molar-refractivity contribution < 1.29 is 19.1 Å². The average Bonchev–Trinajstić information content (AvgIpc) is 2.43. The molecule has 0 bridgehead atoms. The van der Waals surface area contributed by atoms with Crippen molar-refractivity contribution >= 4 is 41.0 Å². The number of carbonyl (C=O) groups excluding carboxylic acids is 3. The molecule has 0 heterocycles. The topological polar surface area (TPSA) is 98.5 Å². The highest BCUT2D eigenvalue weighted by molar-refractivity contribution is 6.36. The van der Waals surface area contributed by atoms with Crippen LogP contribution in [0.4, 0.5) is 0 Å². The van der Waals surface area contributed by atoms with Gasteiger partial charge in [-0.15, -0.1) is 0 Å². The molecular weight excluding hydrogens is 343 g/mol. The summed E-state index contributed by atoms with van der Waals surface area (Å²) in [5.41, 5.74) is 5.12. The minimum absolute atomic E-state index is 0.113. The summed E-state index contributed by atoms with van der Waals surface area (Å²) in [6.45, 7) is 3.23. The van der Waals surface area contributed by atoms with E-state index in [-0.39, 0.29) is 16.5 Å². The van der Waals surface area contributed by atoms with Gasteiger partial charge in [0.2, 0.25) is 0 Å². The van der Waals surface area contributed by atoms with Gasteiger partial charge in [0.05, 0.1) is 10.6 Å². The van der Waals surface area contributed by atoms with Crippen molar-refractivity contribution in [2.24, 2.45) is 11.7 Å². The molecule has 0 spiro atoms. The first-order valence-electron chi connectivity index (χ1n) is 6.91. The summed E-state index contributed by atoms with van der Waals surface area (Å²) in [5.74, 6) is -1.92. The molecule has 0 aliphatic carbocycles. The van der Waals surface area contributed by atoms with Crippen molar-refractivity contribution in [1.82, 2.24) is 5.32 Å². The summed E-state index contributed by atoms with van der Waals surface area (Å²) < 4.78 is 4.77. The maximum absolute atomic E-state index is 12.3. The predicted molar refractivity (Wildman–Crippen MR) is 87.3 cm³/mol. The smallest absolute Gasteiger partial charge is 0.329 e. The highest BCUT2D eigenvalue weighted by atomic mass is 35.5. The van der Waals surface area contributed by atoms with Gasteiger partial charge >= 0.3 is 5.97 Å². The number of amides is 2. The zero-order chi connectivity index (χ0) is 17.6. The lowest BCUT2D eigenvalue weighted by Crippen LogP contribution is -2.43. The standard InChI is InChI=1S/C15H18Cl2N2O4/c1-8(2)5-12(15(22)23-7-13(18)20)19-14(21)10-4-3-9(16)6-11(10)17/h3-4,6,8,12H,5,7H2,1-2H3,(H2,18,20)(H,19,21)/t12-/m1/s1. The van der Waals surface area contributed by atoms with Crippen LogP contribution < -0.4 is 11.1 Å². The molecule has 0 aliphatic heterocycles. The number of nitrogens with two attached hydrogens (primary N) is 1. The fourth-order valence-corrected chi connectivity index (χ4v) is 2.33. The molecule has 0 saturated carbocycles. The summed E-state index contributed by atoms with van der Waals surface area (Å²) in [7, 11) is 0. The van der Waals surface area contributed by atoms with Crippen LogP contribution in [0.3, 0.4) is 0 Å². The number of esters is 1. The van der Waals surface area contributed by atoms with Crippen LogP contribution in [-0.2, 0) is 14.3 Å². The van der Waals surface area contributed by atoms with E-state index in [9.17, 15) is 14.4 Å². The third-order valence-electron chi connectivity index (χ3n) is 2.83. The Bertz CT molecular complexity index is 605. The lowest BCUT2D eigenvalue weighted by Gasteiger charge is -2.19. The van der Waals surface area contributed by atoms with Crippen LogP contribution in [-0.4, -0.2) is 30.4 Å². The fourth-order valence-electron chi connectivity index (χ4n) is 1.84. The molecule has 0 fully saturated rings. The van der Waals surface area contributed by atoms with Gasteiger partial charge in [0.15, 0.2) is 6.61 Å². The van der Waals surface area contributed by atoms with Gasteiger partial charge in [-0.1, -0.05) is 37.0 Å². The highest BCUT2D eigenvalue weighted by Gasteiger charge is 2.25. The number of ether oxygens (including phenoxy) is 1. The molecule has 1 aromatic rings. The molecule has 8 heteroatoms. The van der Waals surface area contributed by atoms with Crippen LogP contribution in [0.1, 0.15) is 30.6 Å². The number of nitrogens with one attached hydrogen (secondary N) is 1. The van der Waals surface area contributed by atoms with Crippen LogP contribution >= 0.6 is 23.2 Å². The quantitative estimate of drug-likeness (QED) is 0.727. The summed E-state index contributed by atoms with van der Waals surface area (Å²) in [4.78, 5) is 35.0. The van der Waals surface area contributed by atoms with Gasteiger partial charge in [-0.3, -0.25) is 9.59 Å². The summed E-state index contributed by atoms with van der Waals surface area (Å²) in [6, 6.07) is 3.50. The largest absolute Gasteiger partial charge is 0.454 e. The van der Waals surface area contributed by atoms with Crippen LogP contribution in [0.25, 0.3) is 0 Å². The van der Waals surface area contributed by atoms with E-state index in [1.165, 1.54) is 18.2 Å². The van der Waals surface area contributed by atoms with Gasteiger partial charge in [0, 0.05) is 5.02 Å². The average molecular weight is 361 g/mol. The molecule has 23 heavy (non-hydrogen) atoms. The lowest BCUT2D eigenvalue weighted by atomic mass is 10.0. The van der Waals surface area contributed by atoms with Crippen molar-refractivity contribution in [3.05, 3.63) is 33.8 Å². The van der Waals surface area contributed by atoms with Gasteiger partial charge in [0.25, 0.3) is 11.8 Å². The Morgan fingerprint density at radius 3 is 2.43 bits per heavy atom. The fraction of sp³-hybridized carbons (Fsp3) is 0.400. The van der Waals surface area contributed by atoms with Crippen molar-refractivity contribution in [1.29, 1.82) is 0 Å². The Morgan fingerprint density at radius 1 is 1.26 bits per heavy atom. The highest BCUT2D eigenvalue weighted by Crippen LogP contribution is 2.21. The Labute approximate surface area is 144 Å². The zero-order valence-corrected chi connectivity index (χ0v) is 14.3. The normalized spacial score (nSPS) is 11.9. The molecule has 0 aliphatic rings. The second kappa shape index (κ2) is 8.74. The zero-order valence-electron chi connectivity index (χ0n) is 12.8. The molecule has 0 radical (unpaired) electrons. The van der Waals surface area contributed by atoms with Crippen molar-refractivity contribution in [3.8, 4) is 0 Å². The van der Waals surface area contributed by atoms with Crippen LogP contribution in [0.2, 0.25) is 10.0 Å². The minimum atomic E-state index is -0.909. The third kappa shape index (κ3) is 6.46. The van der Waals surface area contributed by atoms with Crippen LogP contribution in [0.15, 0.2) is 18.2 Å². The number of carbonyl (C=O) groups is 3. The minimum Gasteiger partial charge on any atom is -0.454 e. The van der Waals surface area contributed by atoms with E-state index >= 15 is 0 Å². The molecule has 3 N–H and O–H groups in total. The first kappa shape index (κ1) is 19.3. The first-order valence-corrected chi connectivity index (χ1v) is 7.67.